The Bertz CT molecular complexity index is 762. The van der Waals surface area contributed by atoms with E-state index < -0.39 is 0 Å². The smallest absolute Gasteiger partial charge is 0.250 e. The van der Waals surface area contributed by atoms with Crippen LogP contribution in [0.5, 0.6) is 0 Å². The van der Waals surface area contributed by atoms with E-state index in [1.807, 2.05) is 48.5 Å². The number of hydrogen-bond donors (Lipinski definition) is 1. The fourth-order valence-electron chi connectivity index (χ4n) is 2.26. The molecule has 0 spiro atoms. The van der Waals surface area contributed by atoms with E-state index in [9.17, 15) is 4.79 Å². The van der Waals surface area contributed by atoms with Gasteiger partial charge in [-0.15, -0.1) is 0 Å². The largest absolute Gasteiger partial charge is 0.440 e. The van der Waals surface area contributed by atoms with Crippen LogP contribution in [0.15, 0.2) is 52.9 Å². The summed E-state index contributed by atoms with van der Waals surface area (Å²) >= 11 is 0. The molecule has 22 heavy (non-hydrogen) atoms. The number of hydrogen-bond acceptors (Lipinski definition) is 4. The average Bonchev–Trinajstić information content (AvgIpc) is 2.90. The van der Waals surface area contributed by atoms with E-state index in [2.05, 4.69) is 10.3 Å². The summed E-state index contributed by atoms with van der Waals surface area (Å²) < 4.78 is 10.5. The van der Waals surface area contributed by atoms with Crippen LogP contribution in [0, 0.1) is 0 Å². The van der Waals surface area contributed by atoms with Gasteiger partial charge in [-0.05, 0) is 29.8 Å². The summed E-state index contributed by atoms with van der Waals surface area (Å²) in [4.78, 5) is 16.0. The first-order chi connectivity index (χ1) is 10.7. The highest BCUT2D eigenvalue weighted by Gasteiger charge is 2.07. The van der Waals surface area contributed by atoms with Crippen LogP contribution in [0.2, 0.25) is 0 Å². The quantitative estimate of drug-likeness (QED) is 0.786. The predicted molar refractivity (Wildman–Crippen MR) is 83.8 cm³/mol. The third kappa shape index (κ3) is 3.32. The second-order valence-electron chi connectivity index (χ2n) is 4.93. The molecular weight excluding hydrogens is 280 g/mol. The van der Waals surface area contributed by atoms with Gasteiger partial charge < -0.3 is 14.5 Å². The Morgan fingerprint density at radius 2 is 2.09 bits per heavy atom. The van der Waals surface area contributed by atoms with Crippen molar-refractivity contribution in [1.29, 1.82) is 0 Å². The number of carbonyl (C=O) groups is 1. The van der Waals surface area contributed by atoms with Crippen LogP contribution >= 0.6 is 0 Å². The summed E-state index contributed by atoms with van der Waals surface area (Å²) in [5, 5.41) is 2.78. The molecule has 112 valence electrons. The number of anilines is 1. The standard InChI is InChI=1S/C17H16N2O3/c1-21-11-16(20)18-13-6-4-5-12(9-13)10-17-19-14-7-2-3-8-15(14)22-17/h2-9H,10-11H2,1H3,(H,18,20). The van der Waals surface area contributed by atoms with Crippen molar-refractivity contribution in [3.63, 3.8) is 0 Å². The van der Waals surface area contributed by atoms with E-state index >= 15 is 0 Å². The van der Waals surface area contributed by atoms with E-state index in [-0.39, 0.29) is 12.5 Å². The molecule has 1 aromatic heterocycles. The van der Waals surface area contributed by atoms with Crippen molar-refractivity contribution >= 4 is 22.7 Å². The Morgan fingerprint density at radius 3 is 2.91 bits per heavy atom. The SMILES string of the molecule is COCC(=O)Nc1cccc(Cc2nc3ccccc3o2)c1. The molecule has 3 rings (SSSR count). The van der Waals surface area contributed by atoms with E-state index in [4.69, 9.17) is 9.15 Å². The molecule has 1 amide bonds. The van der Waals surface area contributed by atoms with Gasteiger partial charge in [0.2, 0.25) is 5.91 Å². The second kappa shape index (κ2) is 6.41. The van der Waals surface area contributed by atoms with Crippen molar-refractivity contribution in [3.8, 4) is 0 Å². The molecule has 1 heterocycles. The van der Waals surface area contributed by atoms with Gasteiger partial charge in [0.15, 0.2) is 11.5 Å². The van der Waals surface area contributed by atoms with Crippen LogP contribution in [0.4, 0.5) is 5.69 Å². The van der Waals surface area contributed by atoms with E-state index in [0.717, 1.165) is 22.4 Å². The number of aromatic nitrogens is 1. The molecule has 0 aliphatic rings. The van der Waals surface area contributed by atoms with Crippen molar-refractivity contribution in [2.45, 2.75) is 6.42 Å². The van der Waals surface area contributed by atoms with Crippen molar-refractivity contribution < 1.29 is 13.9 Å². The number of oxazole rings is 1. The van der Waals surface area contributed by atoms with Gasteiger partial charge in [-0.1, -0.05) is 24.3 Å². The lowest BCUT2D eigenvalue weighted by Crippen LogP contribution is -2.17. The first-order valence-electron chi connectivity index (χ1n) is 6.97. The average molecular weight is 296 g/mol. The normalized spacial score (nSPS) is 10.8. The third-order valence-electron chi connectivity index (χ3n) is 3.18. The number of para-hydroxylation sites is 2. The van der Waals surface area contributed by atoms with Crippen LogP contribution in [-0.4, -0.2) is 24.6 Å². The van der Waals surface area contributed by atoms with Gasteiger partial charge in [0.25, 0.3) is 0 Å². The van der Waals surface area contributed by atoms with Crippen LogP contribution < -0.4 is 5.32 Å². The molecule has 0 aliphatic heterocycles. The highest BCUT2D eigenvalue weighted by Crippen LogP contribution is 2.19. The summed E-state index contributed by atoms with van der Waals surface area (Å²) in [6.07, 6.45) is 0.572. The maximum atomic E-state index is 11.5. The number of fused-ring (bicyclic) bond motifs is 1. The molecular formula is C17H16N2O3. The summed E-state index contributed by atoms with van der Waals surface area (Å²) in [5.74, 6) is 0.475. The topological polar surface area (TPSA) is 64.4 Å². The van der Waals surface area contributed by atoms with Gasteiger partial charge >= 0.3 is 0 Å². The highest BCUT2D eigenvalue weighted by molar-refractivity contribution is 5.91. The molecule has 0 bridgehead atoms. The number of methoxy groups -OCH3 is 1. The van der Waals surface area contributed by atoms with Gasteiger partial charge in [-0.25, -0.2) is 4.98 Å². The molecule has 0 atom stereocenters. The Morgan fingerprint density at radius 1 is 1.23 bits per heavy atom. The molecule has 0 unspecified atom stereocenters. The molecule has 2 aromatic carbocycles. The van der Waals surface area contributed by atoms with Crippen LogP contribution in [-0.2, 0) is 16.0 Å². The molecule has 5 heteroatoms. The van der Waals surface area contributed by atoms with Gasteiger partial charge in [0, 0.05) is 19.2 Å². The lowest BCUT2D eigenvalue weighted by atomic mass is 10.1. The Hall–Kier alpha value is -2.66. The molecule has 0 saturated carbocycles. The first kappa shape index (κ1) is 14.3. The van der Waals surface area contributed by atoms with Crippen LogP contribution in [0.25, 0.3) is 11.1 Å². The number of carbonyl (C=O) groups excluding carboxylic acids is 1. The Kier molecular flexibility index (Phi) is 4.16. The van der Waals surface area contributed by atoms with Crippen molar-refractivity contribution in [1.82, 2.24) is 4.98 Å². The number of nitrogens with zero attached hydrogens (tertiary/aromatic N) is 1. The van der Waals surface area contributed by atoms with Crippen molar-refractivity contribution in [2.75, 3.05) is 19.0 Å². The number of ether oxygens (including phenoxy) is 1. The lowest BCUT2D eigenvalue weighted by molar-refractivity contribution is -0.119. The van der Waals surface area contributed by atoms with E-state index in [0.29, 0.717) is 12.3 Å². The van der Waals surface area contributed by atoms with Crippen LogP contribution in [0.3, 0.4) is 0 Å². The third-order valence-corrected chi connectivity index (χ3v) is 3.18. The molecule has 3 aromatic rings. The van der Waals surface area contributed by atoms with Gasteiger partial charge in [-0.2, -0.15) is 0 Å². The van der Waals surface area contributed by atoms with E-state index in [1.54, 1.807) is 0 Å². The van der Waals surface area contributed by atoms with Gasteiger partial charge in [0.05, 0.1) is 0 Å². The minimum Gasteiger partial charge on any atom is -0.440 e. The number of nitrogens with one attached hydrogen (secondary N) is 1. The second-order valence-corrected chi connectivity index (χ2v) is 4.93. The molecule has 1 N–H and O–H groups in total. The Balaban J connectivity index is 1.76. The van der Waals surface area contributed by atoms with E-state index in [1.165, 1.54) is 7.11 Å². The zero-order valence-electron chi connectivity index (χ0n) is 12.2. The fraction of sp³-hybridized carbons (Fsp3) is 0.176. The number of benzene rings is 2. The molecule has 0 radical (unpaired) electrons. The van der Waals surface area contributed by atoms with Crippen molar-refractivity contribution in [3.05, 3.63) is 60.0 Å². The predicted octanol–water partition coefficient (Wildman–Crippen LogP) is 3.00. The summed E-state index contributed by atoms with van der Waals surface area (Å²) in [7, 11) is 1.49. The monoisotopic (exact) mass is 296 g/mol. The minimum absolute atomic E-state index is 0.0371. The van der Waals surface area contributed by atoms with Crippen molar-refractivity contribution in [2.24, 2.45) is 0 Å². The fourth-order valence-corrected chi connectivity index (χ4v) is 2.26. The first-order valence-corrected chi connectivity index (χ1v) is 6.97. The minimum atomic E-state index is -0.179. The number of rotatable bonds is 5. The molecule has 0 saturated heterocycles. The summed E-state index contributed by atoms with van der Waals surface area (Å²) in [5.41, 5.74) is 3.38. The zero-order chi connectivity index (χ0) is 15.4. The maximum absolute atomic E-state index is 11.5. The number of amides is 1. The highest BCUT2D eigenvalue weighted by atomic mass is 16.5. The summed E-state index contributed by atoms with van der Waals surface area (Å²) in [6, 6.07) is 15.3. The summed E-state index contributed by atoms with van der Waals surface area (Å²) in [6.45, 7) is 0.0371. The Labute approximate surface area is 127 Å². The maximum Gasteiger partial charge on any atom is 0.250 e. The van der Waals surface area contributed by atoms with Crippen LogP contribution in [0.1, 0.15) is 11.5 Å². The van der Waals surface area contributed by atoms with Gasteiger partial charge in [0.1, 0.15) is 12.1 Å². The molecule has 0 aliphatic carbocycles. The lowest BCUT2D eigenvalue weighted by Gasteiger charge is -2.06. The molecule has 5 nitrogen and oxygen atoms in total. The van der Waals surface area contributed by atoms with Gasteiger partial charge in [-0.3, -0.25) is 4.79 Å². The molecule has 0 fully saturated rings. The zero-order valence-corrected chi connectivity index (χ0v) is 12.2.